The maximum absolute atomic E-state index is 12.7. The quantitative estimate of drug-likeness (QED) is 0.669. The Morgan fingerprint density at radius 1 is 1.08 bits per heavy atom. The predicted molar refractivity (Wildman–Crippen MR) is 95.8 cm³/mol. The fourth-order valence-electron chi connectivity index (χ4n) is 2.32. The first-order valence-electron chi connectivity index (χ1n) is 7.26. The van der Waals surface area contributed by atoms with Gasteiger partial charge in [-0.3, -0.25) is 4.79 Å². The van der Waals surface area contributed by atoms with Crippen LogP contribution in [0.1, 0.15) is 21.6 Å². The Hall–Kier alpha value is -2.30. The molecule has 2 aromatic carbocycles. The summed E-state index contributed by atoms with van der Waals surface area (Å²) in [4.78, 5) is 12.7. The van der Waals surface area contributed by atoms with Crippen LogP contribution in [0.25, 0.3) is 11.3 Å². The zero-order chi connectivity index (χ0) is 17.3. The minimum absolute atomic E-state index is 0.290. The van der Waals surface area contributed by atoms with Gasteiger partial charge in [-0.1, -0.05) is 64.3 Å². The summed E-state index contributed by atoms with van der Waals surface area (Å²) in [6.07, 6.45) is 0. The lowest BCUT2D eigenvalue weighted by molar-refractivity contribution is 0.102. The van der Waals surface area contributed by atoms with E-state index in [1.165, 1.54) is 0 Å². The standard InChI is InChI=1S/C18H14Cl2N2O2/c1-10-6-8-12(9-7-10)17-15(11(2)22-24-17)18(23)21-14-5-3-4-13(19)16(14)20/h3-9H,1-2H3,(H,21,23). The lowest BCUT2D eigenvalue weighted by Crippen LogP contribution is -2.13. The Balaban J connectivity index is 1.97. The fraction of sp³-hybridized carbons (Fsp3) is 0.111. The molecule has 122 valence electrons. The number of rotatable bonds is 3. The van der Waals surface area contributed by atoms with Crippen LogP contribution in [0.2, 0.25) is 10.0 Å². The number of nitrogens with zero attached hydrogens (tertiary/aromatic N) is 1. The summed E-state index contributed by atoms with van der Waals surface area (Å²) < 4.78 is 5.36. The van der Waals surface area contributed by atoms with Crippen LogP contribution in [-0.2, 0) is 0 Å². The molecule has 1 amide bonds. The van der Waals surface area contributed by atoms with Crippen LogP contribution < -0.4 is 5.32 Å². The average molecular weight is 361 g/mol. The SMILES string of the molecule is Cc1ccc(-c2onc(C)c2C(=O)Nc2cccc(Cl)c2Cl)cc1. The van der Waals surface area contributed by atoms with Gasteiger partial charge in [-0.15, -0.1) is 0 Å². The number of nitrogens with one attached hydrogen (secondary N) is 1. The van der Waals surface area contributed by atoms with Gasteiger partial charge in [-0.2, -0.15) is 0 Å². The number of hydrogen-bond donors (Lipinski definition) is 1. The molecule has 0 spiro atoms. The molecule has 24 heavy (non-hydrogen) atoms. The molecule has 0 saturated carbocycles. The van der Waals surface area contributed by atoms with Crippen molar-refractivity contribution in [2.75, 3.05) is 5.32 Å². The van der Waals surface area contributed by atoms with Crippen molar-refractivity contribution in [3.05, 3.63) is 69.3 Å². The highest BCUT2D eigenvalue weighted by molar-refractivity contribution is 6.44. The number of hydrogen-bond acceptors (Lipinski definition) is 3. The number of anilines is 1. The third-order valence-corrected chi connectivity index (χ3v) is 4.42. The van der Waals surface area contributed by atoms with Gasteiger partial charge < -0.3 is 9.84 Å². The van der Waals surface area contributed by atoms with Gasteiger partial charge in [0.15, 0.2) is 5.76 Å². The number of carbonyl (C=O) groups is 1. The highest BCUT2D eigenvalue weighted by Crippen LogP contribution is 2.31. The molecule has 3 aromatic rings. The van der Waals surface area contributed by atoms with Gasteiger partial charge in [-0.25, -0.2) is 0 Å². The van der Waals surface area contributed by atoms with Crippen LogP contribution in [0.5, 0.6) is 0 Å². The molecule has 0 aliphatic rings. The summed E-state index contributed by atoms with van der Waals surface area (Å²) in [6.45, 7) is 3.71. The highest BCUT2D eigenvalue weighted by atomic mass is 35.5. The van der Waals surface area contributed by atoms with E-state index in [1.807, 2.05) is 31.2 Å². The van der Waals surface area contributed by atoms with Crippen molar-refractivity contribution in [3.63, 3.8) is 0 Å². The fourth-order valence-corrected chi connectivity index (χ4v) is 2.67. The van der Waals surface area contributed by atoms with Crippen molar-refractivity contribution in [2.24, 2.45) is 0 Å². The van der Waals surface area contributed by atoms with Crippen LogP contribution in [0.4, 0.5) is 5.69 Å². The molecule has 6 heteroatoms. The largest absolute Gasteiger partial charge is 0.355 e. The first-order valence-corrected chi connectivity index (χ1v) is 8.01. The van der Waals surface area contributed by atoms with Crippen molar-refractivity contribution < 1.29 is 9.32 Å². The number of benzene rings is 2. The number of aromatic nitrogens is 1. The maximum Gasteiger partial charge on any atom is 0.261 e. The van der Waals surface area contributed by atoms with E-state index in [1.54, 1.807) is 25.1 Å². The molecule has 0 radical (unpaired) electrons. The van der Waals surface area contributed by atoms with E-state index in [-0.39, 0.29) is 5.91 Å². The van der Waals surface area contributed by atoms with Crippen molar-refractivity contribution >= 4 is 34.8 Å². The molecule has 3 rings (SSSR count). The van der Waals surface area contributed by atoms with E-state index in [4.69, 9.17) is 27.7 Å². The molecule has 1 aromatic heterocycles. The topological polar surface area (TPSA) is 55.1 Å². The van der Waals surface area contributed by atoms with Crippen molar-refractivity contribution in [3.8, 4) is 11.3 Å². The molecule has 1 N–H and O–H groups in total. The zero-order valence-electron chi connectivity index (χ0n) is 13.1. The molecular weight excluding hydrogens is 347 g/mol. The van der Waals surface area contributed by atoms with Crippen LogP contribution in [-0.4, -0.2) is 11.1 Å². The number of aryl methyl sites for hydroxylation is 2. The molecule has 1 heterocycles. The number of amides is 1. The van der Waals surface area contributed by atoms with Crippen LogP contribution >= 0.6 is 23.2 Å². The van der Waals surface area contributed by atoms with Gasteiger partial charge in [0.1, 0.15) is 5.56 Å². The van der Waals surface area contributed by atoms with Gasteiger partial charge in [-0.05, 0) is 26.0 Å². The van der Waals surface area contributed by atoms with Gasteiger partial charge in [0.05, 0.1) is 21.4 Å². The van der Waals surface area contributed by atoms with Gasteiger partial charge >= 0.3 is 0 Å². The summed E-state index contributed by atoms with van der Waals surface area (Å²) in [6, 6.07) is 12.7. The Kier molecular flexibility index (Phi) is 4.60. The first kappa shape index (κ1) is 16.6. The van der Waals surface area contributed by atoms with Crippen LogP contribution in [0, 0.1) is 13.8 Å². The number of halogens is 2. The highest BCUT2D eigenvalue weighted by Gasteiger charge is 2.22. The molecule has 0 bridgehead atoms. The molecule has 0 saturated heterocycles. The van der Waals surface area contributed by atoms with Crippen LogP contribution in [0.15, 0.2) is 47.0 Å². The summed E-state index contributed by atoms with van der Waals surface area (Å²) in [5.41, 5.74) is 3.20. The Morgan fingerprint density at radius 3 is 2.50 bits per heavy atom. The Labute approximate surface area is 149 Å². The summed E-state index contributed by atoms with van der Waals surface area (Å²) in [5, 5.41) is 7.34. The first-order chi connectivity index (χ1) is 11.5. The molecule has 0 unspecified atom stereocenters. The third kappa shape index (κ3) is 3.16. The Morgan fingerprint density at radius 2 is 1.79 bits per heavy atom. The van der Waals surface area contributed by atoms with Crippen molar-refractivity contribution in [2.45, 2.75) is 13.8 Å². The molecule has 0 atom stereocenters. The van der Waals surface area contributed by atoms with E-state index >= 15 is 0 Å². The number of carbonyl (C=O) groups excluding carboxylic acids is 1. The van der Waals surface area contributed by atoms with Gasteiger partial charge in [0, 0.05) is 5.56 Å². The van der Waals surface area contributed by atoms with E-state index in [0.29, 0.717) is 32.8 Å². The molecule has 0 aliphatic carbocycles. The summed E-state index contributed by atoms with van der Waals surface area (Å²) in [7, 11) is 0. The lowest BCUT2D eigenvalue weighted by Gasteiger charge is -2.08. The van der Waals surface area contributed by atoms with Gasteiger partial charge in [0.25, 0.3) is 5.91 Å². The zero-order valence-corrected chi connectivity index (χ0v) is 14.6. The van der Waals surface area contributed by atoms with E-state index in [2.05, 4.69) is 10.5 Å². The maximum atomic E-state index is 12.7. The van der Waals surface area contributed by atoms with E-state index in [9.17, 15) is 4.79 Å². The molecule has 0 fully saturated rings. The average Bonchev–Trinajstić information content (AvgIpc) is 2.94. The molecule has 4 nitrogen and oxygen atoms in total. The second-order valence-electron chi connectivity index (χ2n) is 5.39. The lowest BCUT2D eigenvalue weighted by atomic mass is 10.0. The summed E-state index contributed by atoms with van der Waals surface area (Å²) >= 11 is 12.1. The minimum atomic E-state index is -0.353. The third-order valence-electron chi connectivity index (χ3n) is 3.60. The van der Waals surface area contributed by atoms with Gasteiger partial charge in [0.2, 0.25) is 0 Å². The molecule has 0 aliphatic heterocycles. The van der Waals surface area contributed by atoms with E-state index < -0.39 is 0 Å². The normalized spacial score (nSPS) is 10.7. The Bertz CT molecular complexity index is 902. The van der Waals surface area contributed by atoms with Crippen LogP contribution in [0.3, 0.4) is 0 Å². The van der Waals surface area contributed by atoms with Crippen molar-refractivity contribution in [1.29, 1.82) is 0 Å². The van der Waals surface area contributed by atoms with E-state index in [0.717, 1.165) is 11.1 Å². The summed E-state index contributed by atoms with van der Waals surface area (Å²) in [5.74, 6) is 0.0663. The monoisotopic (exact) mass is 360 g/mol. The van der Waals surface area contributed by atoms with Crippen molar-refractivity contribution in [1.82, 2.24) is 5.16 Å². The predicted octanol–water partition coefficient (Wildman–Crippen LogP) is 5.52. The second kappa shape index (κ2) is 6.67. The smallest absolute Gasteiger partial charge is 0.261 e. The molecular formula is C18H14Cl2N2O2. The minimum Gasteiger partial charge on any atom is -0.355 e. The second-order valence-corrected chi connectivity index (χ2v) is 6.18.